The molecule has 2 aromatic heterocycles. The van der Waals surface area contributed by atoms with Crippen molar-refractivity contribution in [3.05, 3.63) is 29.7 Å². The number of thiocarbonyl (C=S) groups is 1. The number of aryl methyl sites for hydroxylation is 1. The van der Waals surface area contributed by atoms with E-state index in [9.17, 15) is 26.7 Å². The molecule has 0 unspecified atom stereocenters. The number of carbonyl (C=O) groups is 1. The minimum absolute atomic E-state index is 0.104. The predicted molar refractivity (Wildman–Crippen MR) is 115 cm³/mol. The molecule has 0 spiro atoms. The Morgan fingerprint density at radius 3 is 2.62 bits per heavy atom. The average Bonchev–Trinajstić information content (AvgIpc) is 3.20. The van der Waals surface area contributed by atoms with Gasteiger partial charge in [0.05, 0.1) is 33.8 Å². The lowest BCUT2D eigenvalue weighted by molar-refractivity contribution is -0.181. The molecule has 1 fully saturated rings. The van der Waals surface area contributed by atoms with Crippen molar-refractivity contribution in [2.24, 2.45) is 5.73 Å². The van der Waals surface area contributed by atoms with Crippen LogP contribution in [0.1, 0.15) is 31.7 Å². The van der Waals surface area contributed by atoms with Gasteiger partial charge in [0.25, 0.3) is 5.92 Å². The lowest BCUT2D eigenvalue weighted by Gasteiger charge is -2.27. The number of nitrogens with two attached hydrogens (primary N) is 1. The van der Waals surface area contributed by atoms with Gasteiger partial charge in [-0.15, -0.1) is 0 Å². The van der Waals surface area contributed by atoms with Crippen LogP contribution in [-0.2, 0) is 5.41 Å². The Hall–Kier alpha value is -2.41. The minimum Gasteiger partial charge on any atom is -0.392 e. The highest BCUT2D eigenvalue weighted by Gasteiger charge is 2.50. The number of alkyl halides is 5. The highest BCUT2D eigenvalue weighted by atomic mass is 32.1. The third-order valence-electron chi connectivity index (χ3n) is 5.24. The molecule has 1 aliphatic rings. The summed E-state index contributed by atoms with van der Waals surface area (Å²) in [5.41, 5.74) is 4.05. The molecule has 0 radical (unpaired) electrons. The summed E-state index contributed by atoms with van der Waals surface area (Å²) in [7, 11) is 0. The smallest absolute Gasteiger partial charge is 0.392 e. The van der Waals surface area contributed by atoms with E-state index in [-0.39, 0.29) is 15.8 Å². The summed E-state index contributed by atoms with van der Waals surface area (Å²) in [5.74, 6) is -3.12. The number of nitrogens with one attached hydrogen (secondary N) is 1. The Morgan fingerprint density at radius 2 is 2.03 bits per heavy atom. The van der Waals surface area contributed by atoms with Crippen LogP contribution in [0, 0.1) is 6.92 Å². The van der Waals surface area contributed by atoms with Gasteiger partial charge in [-0.2, -0.15) is 13.2 Å². The van der Waals surface area contributed by atoms with Crippen LogP contribution in [0.25, 0.3) is 10.4 Å². The Balaban J connectivity index is 1.85. The molecule has 13 heteroatoms. The Bertz CT molecular complexity index is 1050. The molecule has 0 aliphatic carbocycles. The van der Waals surface area contributed by atoms with Crippen LogP contribution in [0.3, 0.4) is 0 Å². The summed E-state index contributed by atoms with van der Waals surface area (Å²) in [6.07, 6.45) is -3.89. The van der Waals surface area contributed by atoms with Gasteiger partial charge in [0, 0.05) is 12.6 Å². The molecule has 0 saturated carbocycles. The van der Waals surface area contributed by atoms with E-state index in [1.165, 1.54) is 18.3 Å². The molecule has 174 valence electrons. The number of aromatic nitrogens is 2. The minimum atomic E-state index is -4.50. The van der Waals surface area contributed by atoms with Gasteiger partial charge in [-0.05, 0) is 38.5 Å². The van der Waals surface area contributed by atoms with Crippen LogP contribution in [0.5, 0.6) is 0 Å². The second-order valence-electron chi connectivity index (χ2n) is 8.02. The summed E-state index contributed by atoms with van der Waals surface area (Å²) in [4.78, 5) is 21.8. The average molecular weight is 494 g/mol. The van der Waals surface area contributed by atoms with Crippen molar-refractivity contribution in [3.8, 4) is 10.4 Å². The summed E-state index contributed by atoms with van der Waals surface area (Å²) < 4.78 is 67.7. The van der Waals surface area contributed by atoms with Crippen molar-refractivity contribution in [3.63, 3.8) is 0 Å². The maximum absolute atomic E-state index is 13.8. The number of hydrogen-bond acceptors (Lipinski definition) is 5. The topological polar surface area (TPSA) is 84.1 Å². The van der Waals surface area contributed by atoms with Crippen LogP contribution >= 0.6 is 23.6 Å². The molecule has 32 heavy (non-hydrogen) atoms. The van der Waals surface area contributed by atoms with Gasteiger partial charge < -0.3 is 10.6 Å². The lowest BCUT2D eigenvalue weighted by Crippen LogP contribution is -2.45. The number of halogens is 5. The molecule has 3 heterocycles. The number of carbonyl (C=O) groups excluding carboxylic acids is 1. The summed E-state index contributed by atoms with van der Waals surface area (Å²) in [6.45, 7) is 2.86. The highest BCUT2D eigenvalue weighted by Crippen LogP contribution is 2.41. The number of likely N-dealkylation sites (tertiary alicyclic amines) is 1. The molecule has 1 atom stereocenters. The van der Waals surface area contributed by atoms with Crippen molar-refractivity contribution in [1.82, 2.24) is 14.9 Å². The molecule has 3 rings (SSSR count). The first-order valence-electron chi connectivity index (χ1n) is 9.38. The van der Waals surface area contributed by atoms with Crippen LogP contribution < -0.4 is 11.1 Å². The fraction of sp³-hybridized carbons (Fsp3) is 0.474. The quantitative estimate of drug-likeness (QED) is 0.469. The van der Waals surface area contributed by atoms with Crippen LogP contribution in [0.15, 0.2) is 18.3 Å². The standard InChI is InChI=1S/C19H20F5N5OS2/c1-9-13(10-4-5-26-12(6-10)17(2,3)19(22,23)24)32-15(27-9)28-16(30)29-8-18(20,21)7-11(29)14(25)31/h4-6,11H,7-8H2,1-3H3,(H2,25,31)(H,27,28,30)/t11-/m0/s1. The monoisotopic (exact) mass is 493 g/mol. The number of anilines is 1. The Morgan fingerprint density at radius 1 is 1.38 bits per heavy atom. The normalized spacial score (nSPS) is 18.6. The van der Waals surface area contributed by atoms with E-state index in [0.29, 0.717) is 16.1 Å². The zero-order valence-electron chi connectivity index (χ0n) is 17.3. The van der Waals surface area contributed by atoms with E-state index >= 15 is 0 Å². The molecule has 1 aliphatic heterocycles. The first-order chi connectivity index (χ1) is 14.6. The van der Waals surface area contributed by atoms with Crippen molar-refractivity contribution in [2.45, 2.75) is 50.7 Å². The van der Waals surface area contributed by atoms with Gasteiger partial charge in [-0.1, -0.05) is 23.6 Å². The van der Waals surface area contributed by atoms with Gasteiger partial charge in [-0.25, -0.2) is 18.6 Å². The third-order valence-corrected chi connectivity index (χ3v) is 6.63. The van der Waals surface area contributed by atoms with Crippen molar-refractivity contribution < 1.29 is 26.7 Å². The number of nitrogens with zero attached hydrogens (tertiary/aromatic N) is 3. The van der Waals surface area contributed by atoms with Gasteiger partial charge in [-0.3, -0.25) is 10.3 Å². The molecule has 2 amide bonds. The molecule has 0 aromatic carbocycles. The second kappa shape index (κ2) is 8.18. The van der Waals surface area contributed by atoms with E-state index in [2.05, 4.69) is 15.3 Å². The van der Waals surface area contributed by atoms with E-state index < -0.39 is 42.6 Å². The zero-order valence-corrected chi connectivity index (χ0v) is 18.9. The van der Waals surface area contributed by atoms with Crippen LogP contribution in [0.2, 0.25) is 0 Å². The molecular formula is C19H20F5N5OS2. The van der Waals surface area contributed by atoms with E-state index in [4.69, 9.17) is 18.0 Å². The molecular weight excluding hydrogens is 473 g/mol. The number of hydrogen-bond donors (Lipinski definition) is 2. The number of rotatable bonds is 4. The zero-order chi connectivity index (χ0) is 24.1. The van der Waals surface area contributed by atoms with Gasteiger partial charge in [0.1, 0.15) is 5.41 Å². The van der Waals surface area contributed by atoms with Gasteiger partial charge in [0.2, 0.25) is 0 Å². The fourth-order valence-electron chi connectivity index (χ4n) is 3.22. The summed E-state index contributed by atoms with van der Waals surface area (Å²) in [5, 5.41) is 2.56. The third kappa shape index (κ3) is 4.68. The lowest BCUT2D eigenvalue weighted by atomic mass is 9.87. The largest absolute Gasteiger partial charge is 0.399 e. The maximum Gasteiger partial charge on any atom is 0.399 e. The SMILES string of the molecule is Cc1nc(NC(=O)N2CC(F)(F)C[C@H]2C(N)=S)sc1-c1ccnc(C(C)(C)C(F)(F)F)c1. The van der Waals surface area contributed by atoms with Gasteiger partial charge >= 0.3 is 12.2 Å². The van der Waals surface area contributed by atoms with E-state index in [1.807, 2.05) is 0 Å². The Labute approximate surface area is 190 Å². The molecule has 0 bridgehead atoms. The molecule has 2 aromatic rings. The Kier molecular flexibility index (Phi) is 6.19. The predicted octanol–water partition coefficient (Wildman–Crippen LogP) is 4.88. The first kappa shape index (κ1) is 24.2. The van der Waals surface area contributed by atoms with Crippen molar-refractivity contribution >= 4 is 39.7 Å². The first-order valence-corrected chi connectivity index (χ1v) is 10.6. The second-order valence-corrected chi connectivity index (χ2v) is 9.49. The summed E-state index contributed by atoms with van der Waals surface area (Å²) in [6, 6.07) is 0.928. The van der Waals surface area contributed by atoms with Crippen LogP contribution in [-0.4, -0.2) is 50.6 Å². The van der Waals surface area contributed by atoms with Crippen molar-refractivity contribution in [2.75, 3.05) is 11.9 Å². The molecule has 1 saturated heterocycles. The maximum atomic E-state index is 13.8. The number of urea groups is 1. The number of thiazole rings is 1. The highest BCUT2D eigenvalue weighted by molar-refractivity contribution is 7.80. The van der Waals surface area contributed by atoms with E-state index in [1.54, 1.807) is 6.92 Å². The molecule has 6 nitrogen and oxygen atoms in total. The number of pyridine rings is 1. The van der Waals surface area contributed by atoms with E-state index in [0.717, 1.165) is 30.1 Å². The number of amides is 2. The van der Waals surface area contributed by atoms with Crippen molar-refractivity contribution in [1.29, 1.82) is 0 Å². The van der Waals surface area contributed by atoms with Crippen LogP contribution in [0.4, 0.5) is 31.9 Å². The summed E-state index contributed by atoms with van der Waals surface area (Å²) >= 11 is 5.81. The van der Waals surface area contributed by atoms with Gasteiger partial charge in [0.15, 0.2) is 5.13 Å². The molecule has 3 N–H and O–H groups in total. The fourth-order valence-corrected chi connectivity index (χ4v) is 4.39.